The van der Waals surface area contributed by atoms with E-state index in [-0.39, 0.29) is 17.7 Å². The molecular weight excluding hydrogens is 282 g/mol. The smallest absolute Gasteiger partial charge is 0.325 e. The highest BCUT2D eigenvalue weighted by Crippen LogP contribution is 2.25. The van der Waals surface area contributed by atoms with Crippen molar-refractivity contribution >= 4 is 28.8 Å². The summed E-state index contributed by atoms with van der Waals surface area (Å²) in [6.45, 7) is 3.93. The highest BCUT2D eigenvalue weighted by atomic mass is 16.5. The van der Waals surface area contributed by atoms with Gasteiger partial charge in [-0.1, -0.05) is 11.6 Å². The summed E-state index contributed by atoms with van der Waals surface area (Å²) >= 11 is 0. The number of anilines is 1. The lowest BCUT2D eigenvalue weighted by atomic mass is 10.1. The van der Waals surface area contributed by atoms with Crippen LogP contribution < -0.4 is 10.9 Å². The number of aryl methyl sites for hydroxylation is 2. The van der Waals surface area contributed by atoms with Crippen LogP contribution in [-0.4, -0.2) is 29.9 Å². The molecule has 0 amide bonds. The van der Waals surface area contributed by atoms with Gasteiger partial charge < -0.3 is 20.0 Å². The number of benzene rings is 1. The number of hydrogen-bond donors (Lipinski definition) is 2. The number of pyridine rings is 1. The maximum absolute atomic E-state index is 12.3. The number of esters is 1. The Balaban J connectivity index is 2.61. The molecule has 0 aliphatic rings. The molecule has 2 N–H and O–H groups in total. The van der Waals surface area contributed by atoms with Gasteiger partial charge >= 0.3 is 5.97 Å². The summed E-state index contributed by atoms with van der Waals surface area (Å²) in [6.07, 6.45) is 1.01. The molecule has 1 aromatic heterocycles. The summed E-state index contributed by atoms with van der Waals surface area (Å²) in [5.74, 6) is -0.403. The van der Waals surface area contributed by atoms with E-state index in [1.54, 1.807) is 14.0 Å². The van der Waals surface area contributed by atoms with Gasteiger partial charge in [0.05, 0.1) is 23.4 Å². The van der Waals surface area contributed by atoms with Gasteiger partial charge in [0.15, 0.2) is 0 Å². The SMILES string of the molecule is CCOC(=O)CNc1c(C=N)c(=O)n(C)c2ccc(C)cc12. The highest BCUT2D eigenvalue weighted by Gasteiger charge is 2.15. The second-order valence-corrected chi connectivity index (χ2v) is 4.98. The molecule has 6 heteroatoms. The molecule has 116 valence electrons. The summed E-state index contributed by atoms with van der Waals surface area (Å²) in [6, 6.07) is 5.70. The Kier molecular flexibility index (Phi) is 4.60. The minimum atomic E-state index is -0.403. The molecule has 0 unspecified atom stereocenters. The molecule has 0 spiro atoms. The van der Waals surface area contributed by atoms with Gasteiger partial charge in [-0.3, -0.25) is 9.59 Å². The van der Waals surface area contributed by atoms with Gasteiger partial charge in [-0.15, -0.1) is 0 Å². The average molecular weight is 301 g/mol. The highest BCUT2D eigenvalue weighted by molar-refractivity contribution is 6.01. The molecule has 1 aromatic carbocycles. The maximum atomic E-state index is 12.3. The Hall–Kier alpha value is -2.63. The minimum absolute atomic E-state index is 0.0507. The number of aromatic nitrogens is 1. The van der Waals surface area contributed by atoms with Crippen LogP contribution in [0.1, 0.15) is 18.1 Å². The summed E-state index contributed by atoms with van der Waals surface area (Å²) in [7, 11) is 1.67. The van der Waals surface area contributed by atoms with Gasteiger partial charge in [0, 0.05) is 18.6 Å². The molecule has 0 bridgehead atoms. The summed E-state index contributed by atoms with van der Waals surface area (Å²) in [4.78, 5) is 23.9. The number of rotatable bonds is 5. The molecule has 22 heavy (non-hydrogen) atoms. The quantitative estimate of drug-likeness (QED) is 0.651. The van der Waals surface area contributed by atoms with Crippen LogP contribution in [0.25, 0.3) is 10.9 Å². The topological polar surface area (TPSA) is 84.2 Å². The van der Waals surface area contributed by atoms with E-state index in [0.29, 0.717) is 12.3 Å². The molecular formula is C16H19N3O3. The van der Waals surface area contributed by atoms with E-state index < -0.39 is 5.97 Å². The van der Waals surface area contributed by atoms with Crippen molar-refractivity contribution in [3.8, 4) is 0 Å². The van der Waals surface area contributed by atoms with Gasteiger partial charge in [0.25, 0.3) is 5.56 Å². The zero-order valence-electron chi connectivity index (χ0n) is 12.9. The van der Waals surface area contributed by atoms with Crippen LogP contribution in [0.4, 0.5) is 5.69 Å². The lowest BCUT2D eigenvalue weighted by Crippen LogP contribution is -2.25. The Bertz CT molecular complexity index is 793. The Morgan fingerprint density at radius 3 is 2.82 bits per heavy atom. The Labute approximate surface area is 128 Å². The van der Waals surface area contributed by atoms with Crippen molar-refractivity contribution in [2.24, 2.45) is 7.05 Å². The van der Waals surface area contributed by atoms with Crippen molar-refractivity contribution in [2.45, 2.75) is 13.8 Å². The second-order valence-electron chi connectivity index (χ2n) is 4.98. The fourth-order valence-electron chi connectivity index (χ4n) is 2.38. The maximum Gasteiger partial charge on any atom is 0.325 e. The van der Waals surface area contributed by atoms with Crippen LogP contribution in [0, 0.1) is 12.3 Å². The first-order valence-corrected chi connectivity index (χ1v) is 7.03. The van der Waals surface area contributed by atoms with Gasteiger partial charge in [0.1, 0.15) is 6.54 Å². The number of ether oxygens (including phenoxy) is 1. The van der Waals surface area contributed by atoms with Gasteiger partial charge in [-0.2, -0.15) is 0 Å². The van der Waals surface area contributed by atoms with Crippen molar-refractivity contribution in [3.63, 3.8) is 0 Å². The van der Waals surface area contributed by atoms with Crippen LogP contribution in [0.5, 0.6) is 0 Å². The first-order chi connectivity index (χ1) is 10.5. The molecule has 0 saturated heterocycles. The zero-order chi connectivity index (χ0) is 16.3. The number of fused-ring (bicyclic) bond motifs is 1. The normalized spacial score (nSPS) is 10.5. The first-order valence-electron chi connectivity index (χ1n) is 7.03. The summed E-state index contributed by atoms with van der Waals surface area (Å²) in [5.41, 5.74) is 2.21. The molecule has 0 aliphatic heterocycles. The molecule has 1 heterocycles. The molecule has 0 aliphatic carbocycles. The minimum Gasteiger partial charge on any atom is -0.465 e. The van der Waals surface area contributed by atoms with Crippen molar-refractivity contribution in [1.29, 1.82) is 5.41 Å². The largest absolute Gasteiger partial charge is 0.465 e. The molecule has 2 rings (SSSR count). The average Bonchev–Trinajstić information content (AvgIpc) is 2.49. The molecule has 0 atom stereocenters. The van der Waals surface area contributed by atoms with E-state index in [4.69, 9.17) is 10.1 Å². The fraction of sp³-hybridized carbons (Fsp3) is 0.312. The predicted molar refractivity (Wildman–Crippen MR) is 86.9 cm³/mol. The van der Waals surface area contributed by atoms with Crippen LogP contribution in [0.15, 0.2) is 23.0 Å². The van der Waals surface area contributed by atoms with E-state index in [2.05, 4.69) is 5.32 Å². The number of carbonyl (C=O) groups excluding carboxylic acids is 1. The van der Waals surface area contributed by atoms with E-state index in [1.807, 2.05) is 25.1 Å². The number of nitrogens with zero attached hydrogens (tertiary/aromatic N) is 1. The Morgan fingerprint density at radius 1 is 1.45 bits per heavy atom. The first kappa shape index (κ1) is 15.8. The van der Waals surface area contributed by atoms with Gasteiger partial charge in [-0.25, -0.2) is 0 Å². The molecule has 0 saturated carbocycles. The molecule has 0 fully saturated rings. The third-order valence-electron chi connectivity index (χ3n) is 3.45. The number of carbonyl (C=O) groups is 1. The zero-order valence-corrected chi connectivity index (χ0v) is 12.9. The third-order valence-corrected chi connectivity index (χ3v) is 3.45. The van der Waals surface area contributed by atoms with Gasteiger partial charge in [0.2, 0.25) is 0 Å². The fourth-order valence-corrected chi connectivity index (χ4v) is 2.38. The summed E-state index contributed by atoms with van der Waals surface area (Å²) < 4.78 is 6.39. The van der Waals surface area contributed by atoms with E-state index >= 15 is 0 Å². The van der Waals surface area contributed by atoms with Crippen LogP contribution in [0.3, 0.4) is 0 Å². The predicted octanol–water partition coefficient (Wildman–Crippen LogP) is 1.82. The molecule has 2 aromatic rings. The van der Waals surface area contributed by atoms with E-state index in [9.17, 15) is 9.59 Å². The van der Waals surface area contributed by atoms with Crippen molar-refractivity contribution in [2.75, 3.05) is 18.5 Å². The lowest BCUT2D eigenvalue weighted by Gasteiger charge is -2.15. The van der Waals surface area contributed by atoms with Crippen LogP contribution in [-0.2, 0) is 16.6 Å². The Morgan fingerprint density at radius 2 is 2.18 bits per heavy atom. The van der Waals surface area contributed by atoms with E-state index in [1.165, 1.54) is 4.57 Å². The van der Waals surface area contributed by atoms with E-state index in [0.717, 1.165) is 22.7 Å². The summed E-state index contributed by atoms with van der Waals surface area (Å²) in [5, 5.41) is 11.3. The molecule has 6 nitrogen and oxygen atoms in total. The standard InChI is InChI=1S/C16H19N3O3/c1-4-22-14(20)9-18-15-11-7-10(2)5-6-13(11)19(3)16(21)12(15)8-17/h5-8,17-18H,4,9H2,1-3H3. The monoisotopic (exact) mass is 301 g/mol. The van der Waals surface area contributed by atoms with Crippen molar-refractivity contribution < 1.29 is 9.53 Å². The van der Waals surface area contributed by atoms with Crippen molar-refractivity contribution in [3.05, 3.63) is 39.7 Å². The van der Waals surface area contributed by atoms with Crippen molar-refractivity contribution in [1.82, 2.24) is 4.57 Å². The van der Waals surface area contributed by atoms with Crippen LogP contribution in [0.2, 0.25) is 0 Å². The lowest BCUT2D eigenvalue weighted by molar-refractivity contribution is -0.140. The van der Waals surface area contributed by atoms with Gasteiger partial charge in [-0.05, 0) is 26.0 Å². The number of hydrogen-bond acceptors (Lipinski definition) is 5. The second kappa shape index (κ2) is 6.43. The molecule has 0 radical (unpaired) electrons. The third kappa shape index (κ3) is 2.86. The number of nitrogens with one attached hydrogen (secondary N) is 2. The van der Waals surface area contributed by atoms with Crippen LogP contribution >= 0.6 is 0 Å².